The third-order valence-electron chi connectivity index (χ3n) is 7.08. The van der Waals surface area contributed by atoms with E-state index >= 15 is 0 Å². The zero-order valence-electron chi connectivity index (χ0n) is 27.6. The van der Waals surface area contributed by atoms with Crippen LogP contribution in [-0.4, -0.2) is 98.2 Å². The van der Waals surface area contributed by atoms with Gasteiger partial charge in [-0.15, -0.1) is 0 Å². The molecule has 1 aromatic rings. The summed E-state index contributed by atoms with van der Waals surface area (Å²) in [6.07, 6.45) is -2.54. The van der Waals surface area contributed by atoms with E-state index in [9.17, 15) is 19.3 Å². The van der Waals surface area contributed by atoms with Crippen molar-refractivity contribution in [3.8, 4) is 5.75 Å². The highest BCUT2D eigenvalue weighted by Gasteiger charge is 2.44. The Morgan fingerprint density at radius 2 is 1.76 bits per heavy atom. The molecule has 0 saturated carbocycles. The number of carbonyl (C=O) groups is 2. The lowest BCUT2D eigenvalue weighted by molar-refractivity contribution is -0.0907. The number of carbonyl (C=O) groups excluding carboxylic acids is 2. The average Bonchev–Trinajstić information content (AvgIpc) is 3.56. The fourth-order valence-electron chi connectivity index (χ4n) is 5.13. The standard InChI is InChI=1S/C31H51N2O11P/c1-8-41-45(37,42-9-2)20-40-23-12-10-22(11-13-23)16-25(32-29(35)43-27-19-39-28-24(27)14-15-38-28)26(34)18-33(17-21(3)4)30(36)44-31(5,6)7/h10-13,21,24-28,34H,8-9,14-20H2,1-7H3,(H,32,35)/t24-,25+,26+,27-,28+/m0/s1. The predicted octanol–water partition coefficient (Wildman–Crippen LogP) is 4.94. The SMILES string of the molecule is CCOP(=O)(COc1ccc(C[C@@H](NC(=O)O[C@H]2CO[C@H]3OCC[C@H]32)[C@H](O)CN(CC(C)C)C(=O)OC(C)(C)C)cc1)OCC. The molecule has 5 atom stereocenters. The monoisotopic (exact) mass is 658 g/mol. The van der Waals surface area contributed by atoms with Gasteiger partial charge in [0.05, 0.1) is 51.0 Å². The second-order valence-electron chi connectivity index (χ2n) is 12.6. The number of amides is 2. The molecule has 256 valence electrons. The Balaban J connectivity index is 1.73. The number of hydrogen-bond acceptors (Lipinski definition) is 11. The highest BCUT2D eigenvalue weighted by Crippen LogP contribution is 2.47. The van der Waals surface area contributed by atoms with Gasteiger partial charge in [0.1, 0.15) is 17.5 Å². The van der Waals surface area contributed by atoms with Crippen LogP contribution in [0.2, 0.25) is 0 Å². The van der Waals surface area contributed by atoms with Gasteiger partial charge in [0, 0.05) is 6.54 Å². The zero-order chi connectivity index (χ0) is 33.2. The normalized spacial score (nSPS) is 21.2. The topological polar surface area (TPSA) is 151 Å². The third kappa shape index (κ3) is 12.0. The Bertz CT molecular complexity index is 1120. The lowest BCUT2D eigenvalue weighted by Gasteiger charge is -2.32. The Hall–Kier alpha value is -2.41. The quantitative estimate of drug-likeness (QED) is 0.232. The summed E-state index contributed by atoms with van der Waals surface area (Å²) < 4.78 is 51.4. The van der Waals surface area contributed by atoms with Gasteiger partial charge in [0.25, 0.3) is 0 Å². The average molecular weight is 659 g/mol. The molecule has 3 rings (SSSR count). The molecule has 2 N–H and O–H groups in total. The molecule has 0 aliphatic carbocycles. The number of fused-ring (bicyclic) bond motifs is 1. The van der Waals surface area contributed by atoms with Gasteiger partial charge < -0.3 is 48.1 Å². The molecule has 2 amide bonds. The maximum Gasteiger partial charge on any atom is 0.410 e. The van der Waals surface area contributed by atoms with Crippen molar-refractivity contribution in [1.29, 1.82) is 0 Å². The molecule has 0 radical (unpaired) electrons. The Morgan fingerprint density at radius 3 is 2.36 bits per heavy atom. The van der Waals surface area contributed by atoms with E-state index in [1.807, 2.05) is 13.8 Å². The molecule has 0 bridgehead atoms. The fourth-order valence-corrected chi connectivity index (χ4v) is 6.45. The van der Waals surface area contributed by atoms with Gasteiger partial charge in [0.15, 0.2) is 12.6 Å². The van der Waals surface area contributed by atoms with E-state index in [2.05, 4.69) is 5.32 Å². The second-order valence-corrected chi connectivity index (χ2v) is 14.6. The molecule has 2 heterocycles. The van der Waals surface area contributed by atoms with Crippen LogP contribution in [0.3, 0.4) is 0 Å². The van der Waals surface area contributed by atoms with E-state index in [1.54, 1.807) is 58.9 Å². The molecule has 14 heteroatoms. The van der Waals surface area contributed by atoms with Crippen LogP contribution in [0.25, 0.3) is 0 Å². The molecule has 2 fully saturated rings. The van der Waals surface area contributed by atoms with E-state index in [-0.39, 0.29) is 57.3 Å². The maximum atomic E-state index is 13.1. The zero-order valence-corrected chi connectivity index (χ0v) is 28.5. The van der Waals surface area contributed by atoms with Crippen LogP contribution >= 0.6 is 7.60 Å². The van der Waals surface area contributed by atoms with Crippen molar-refractivity contribution in [2.24, 2.45) is 11.8 Å². The minimum Gasteiger partial charge on any atom is -0.481 e. The Kier molecular flexibility index (Phi) is 14.0. The number of aliphatic hydroxyl groups excluding tert-OH is 1. The van der Waals surface area contributed by atoms with Crippen molar-refractivity contribution in [2.75, 3.05) is 45.9 Å². The van der Waals surface area contributed by atoms with E-state index in [4.69, 9.17) is 32.7 Å². The number of rotatable bonds is 16. The van der Waals surface area contributed by atoms with Gasteiger partial charge in [-0.3, -0.25) is 4.57 Å². The minimum absolute atomic E-state index is 0.0406. The Labute approximate surface area is 266 Å². The largest absolute Gasteiger partial charge is 0.481 e. The molecule has 45 heavy (non-hydrogen) atoms. The first kappa shape index (κ1) is 37.1. The summed E-state index contributed by atoms with van der Waals surface area (Å²) in [6.45, 7) is 14.2. The van der Waals surface area contributed by atoms with Gasteiger partial charge in [-0.2, -0.15) is 0 Å². The summed E-state index contributed by atoms with van der Waals surface area (Å²) in [4.78, 5) is 27.6. The molecule has 0 unspecified atom stereocenters. The molecular weight excluding hydrogens is 607 g/mol. The van der Waals surface area contributed by atoms with Crippen molar-refractivity contribution in [3.05, 3.63) is 29.8 Å². The summed E-state index contributed by atoms with van der Waals surface area (Å²) in [5.41, 5.74) is 0.0536. The van der Waals surface area contributed by atoms with Crippen LogP contribution in [0, 0.1) is 11.8 Å². The first-order valence-electron chi connectivity index (χ1n) is 15.7. The molecular formula is C31H51N2O11P. The number of nitrogens with one attached hydrogen (secondary N) is 1. The lowest BCUT2D eigenvalue weighted by atomic mass is 10.0. The first-order valence-corrected chi connectivity index (χ1v) is 17.4. The van der Waals surface area contributed by atoms with E-state index in [0.717, 1.165) is 12.0 Å². The predicted molar refractivity (Wildman–Crippen MR) is 166 cm³/mol. The summed E-state index contributed by atoms with van der Waals surface area (Å²) >= 11 is 0. The first-order chi connectivity index (χ1) is 21.2. The summed E-state index contributed by atoms with van der Waals surface area (Å²) in [7, 11) is -3.39. The second kappa shape index (κ2) is 16.9. The highest BCUT2D eigenvalue weighted by molar-refractivity contribution is 7.53. The van der Waals surface area contributed by atoms with Gasteiger partial charge in [-0.05, 0) is 71.1 Å². The minimum atomic E-state index is -3.39. The third-order valence-corrected chi connectivity index (χ3v) is 8.82. The number of nitrogens with zero attached hydrogens (tertiary/aromatic N) is 1. The van der Waals surface area contributed by atoms with Crippen LogP contribution < -0.4 is 10.1 Å². The van der Waals surface area contributed by atoms with E-state index < -0.39 is 43.6 Å². The summed E-state index contributed by atoms with van der Waals surface area (Å²) in [5.74, 6) is 0.518. The van der Waals surface area contributed by atoms with Gasteiger partial charge >= 0.3 is 19.8 Å². The Morgan fingerprint density at radius 1 is 1.09 bits per heavy atom. The summed E-state index contributed by atoms with van der Waals surface area (Å²) in [6, 6.07) is 6.12. The highest BCUT2D eigenvalue weighted by atomic mass is 31.2. The van der Waals surface area contributed by atoms with E-state index in [0.29, 0.717) is 18.9 Å². The van der Waals surface area contributed by atoms with Gasteiger partial charge in [-0.1, -0.05) is 26.0 Å². The molecule has 0 aromatic heterocycles. The number of hydrogen-bond donors (Lipinski definition) is 2. The summed E-state index contributed by atoms with van der Waals surface area (Å²) in [5, 5.41) is 14.3. The number of alkyl carbamates (subject to hydrolysis) is 1. The van der Waals surface area contributed by atoms with Crippen molar-refractivity contribution < 1.29 is 52.0 Å². The van der Waals surface area contributed by atoms with Crippen LogP contribution in [0.5, 0.6) is 5.75 Å². The molecule has 0 spiro atoms. The fraction of sp³-hybridized carbons (Fsp3) is 0.742. The number of ether oxygens (including phenoxy) is 5. The van der Waals surface area contributed by atoms with Gasteiger partial charge in [-0.25, -0.2) is 9.59 Å². The van der Waals surface area contributed by atoms with Gasteiger partial charge in [0.2, 0.25) is 0 Å². The maximum absolute atomic E-state index is 13.1. The number of benzene rings is 1. The number of aliphatic hydroxyl groups is 1. The van der Waals surface area contributed by atoms with Crippen molar-refractivity contribution >= 4 is 19.8 Å². The molecule has 1 aromatic carbocycles. The lowest BCUT2D eigenvalue weighted by Crippen LogP contribution is -2.52. The van der Waals surface area contributed by atoms with Crippen LogP contribution in [-0.2, 0) is 39.0 Å². The van der Waals surface area contributed by atoms with Crippen LogP contribution in [0.1, 0.15) is 60.5 Å². The van der Waals surface area contributed by atoms with Crippen LogP contribution in [0.4, 0.5) is 9.59 Å². The molecule has 13 nitrogen and oxygen atoms in total. The molecule has 2 aliphatic heterocycles. The molecule has 2 saturated heterocycles. The van der Waals surface area contributed by atoms with E-state index in [1.165, 1.54) is 4.90 Å². The smallest absolute Gasteiger partial charge is 0.410 e. The van der Waals surface area contributed by atoms with Crippen molar-refractivity contribution in [3.63, 3.8) is 0 Å². The van der Waals surface area contributed by atoms with Crippen molar-refractivity contribution in [1.82, 2.24) is 10.2 Å². The van der Waals surface area contributed by atoms with Crippen molar-refractivity contribution in [2.45, 2.75) is 91.4 Å². The molecule has 2 aliphatic rings. The van der Waals surface area contributed by atoms with Crippen LogP contribution in [0.15, 0.2) is 24.3 Å².